The number of hydrogen-bond donors (Lipinski definition) is 1. The van der Waals surface area contributed by atoms with Gasteiger partial charge in [0, 0.05) is 0 Å². The molecule has 0 saturated heterocycles. The summed E-state index contributed by atoms with van der Waals surface area (Å²) in [7, 11) is 4.35. The van der Waals surface area contributed by atoms with Gasteiger partial charge in [0.25, 0.3) is 5.56 Å². The van der Waals surface area contributed by atoms with Gasteiger partial charge in [-0.2, -0.15) is 0 Å². The SMILES string of the molecule is CCOC(=O)C1=C(N)n2c(s/c(=C\c3ccc(OC)cc3)c2=O)=C(C(=O)OC)C1c1ccc(OC)cc1. The van der Waals surface area contributed by atoms with Gasteiger partial charge in [0.1, 0.15) is 22.0 Å². The Kier molecular flexibility index (Phi) is 7.49. The number of thiazole rings is 1. The van der Waals surface area contributed by atoms with Crippen LogP contribution >= 0.6 is 11.3 Å². The fourth-order valence-electron chi connectivity index (χ4n) is 4.15. The van der Waals surface area contributed by atoms with Crippen LogP contribution in [-0.2, 0) is 19.1 Å². The quantitative estimate of drug-likeness (QED) is 0.465. The van der Waals surface area contributed by atoms with Crippen molar-refractivity contribution in [2.24, 2.45) is 5.73 Å². The monoisotopic (exact) mass is 522 g/mol. The minimum absolute atomic E-state index is 0.0178. The lowest BCUT2D eigenvalue weighted by Gasteiger charge is -2.26. The van der Waals surface area contributed by atoms with Crippen LogP contribution in [0, 0.1) is 0 Å². The van der Waals surface area contributed by atoms with Gasteiger partial charge in [0.05, 0.1) is 49.5 Å². The highest BCUT2D eigenvalue weighted by atomic mass is 32.1. The van der Waals surface area contributed by atoms with E-state index in [1.54, 1.807) is 68.6 Å². The third-order valence-electron chi connectivity index (χ3n) is 5.91. The molecule has 3 aromatic rings. The lowest BCUT2D eigenvalue weighted by molar-refractivity contribution is -0.138. The van der Waals surface area contributed by atoms with E-state index >= 15 is 0 Å². The first-order chi connectivity index (χ1) is 17.8. The highest BCUT2D eigenvalue weighted by Crippen LogP contribution is 2.38. The summed E-state index contributed by atoms with van der Waals surface area (Å²) in [6.07, 6.45) is 1.69. The Labute approximate surface area is 216 Å². The molecule has 1 atom stereocenters. The summed E-state index contributed by atoms with van der Waals surface area (Å²) < 4.78 is 22.6. The number of carbonyl (C=O) groups excluding carboxylic acids is 2. The first-order valence-electron chi connectivity index (χ1n) is 11.4. The van der Waals surface area contributed by atoms with Gasteiger partial charge in [-0.05, 0) is 48.4 Å². The number of nitrogens with two attached hydrogens (primary N) is 1. The van der Waals surface area contributed by atoms with E-state index in [9.17, 15) is 14.4 Å². The van der Waals surface area contributed by atoms with Crippen molar-refractivity contribution in [2.75, 3.05) is 27.9 Å². The van der Waals surface area contributed by atoms with Crippen molar-refractivity contribution in [3.05, 3.63) is 84.8 Å². The Morgan fingerprint density at radius 2 is 1.54 bits per heavy atom. The maximum atomic E-state index is 13.5. The first kappa shape index (κ1) is 25.8. The van der Waals surface area contributed by atoms with Gasteiger partial charge in [-0.3, -0.25) is 9.36 Å². The van der Waals surface area contributed by atoms with Gasteiger partial charge in [-0.15, -0.1) is 11.3 Å². The van der Waals surface area contributed by atoms with Crippen LogP contribution in [0.4, 0.5) is 0 Å². The number of rotatable bonds is 7. The number of aromatic nitrogens is 1. The highest BCUT2D eigenvalue weighted by Gasteiger charge is 2.39. The van der Waals surface area contributed by atoms with E-state index in [1.807, 2.05) is 0 Å². The second-order valence-electron chi connectivity index (χ2n) is 7.96. The summed E-state index contributed by atoms with van der Waals surface area (Å²) in [4.78, 5) is 39.9. The lowest BCUT2D eigenvalue weighted by atomic mass is 9.83. The zero-order valence-electron chi connectivity index (χ0n) is 20.8. The number of ether oxygens (including phenoxy) is 4. The average Bonchev–Trinajstić information content (AvgIpc) is 3.24. The molecule has 1 aliphatic heterocycles. The van der Waals surface area contributed by atoms with Crippen LogP contribution in [0.2, 0.25) is 0 Å². The number of benzene rings is 2. The first-order valence-corrected chi connectivity index (χ1v) is 12.2. The second kappa shape index (κ2) is 10.8. The number of nitrogens with zero attached hydrogens (tertiary/aromatic N) is 1. The number of carbonyl (C=O) groups is 2. The fraction of sp³-hybridized carbons (Fsp3) is 0.222. The highest BCUT2D eigenvalue weighted by molar-refractivity contribution is 7.07. The molecule has 9 nitrogen and oxygen atoms in total. The van der Waals surface area contributed by atoms with Crippen LogP contribution in [0.3, 0.4) is 0 Å². The van der Waals surface area contributed by atoms with Crippen molar-refractivity contribution in [3.63, 3.8) is 0 Å². The Balaban J connectivity index is 2.06. The molecule has 2 aromatic carbocycles. The molecule has 2 heterocycles. The van der Waals surface area contributed by atoms with Crippen LogP contribution in [0.5, 0.6) is 11.5 Å². The van der Waals surface area contributed by atoms with Crippen LogP contribution in [0.15, 0.2) is 58.9 Å². The van der Waals surface area contributed by atoms with Crippen molar-refractivity contribution in [1.82, 2.24) is 4.57 Å². The molecule has 4 rings (SSSR count). The fourth-order valence-corrected chi connectivity index (χ4v) is 5.31. The van der Waals surface area contributed by atoms with E-state index < -0.39 is 23.4 Å². The number of methoxy groups -OCH3 is 3. The molecule has 1 aromatic heterocycles. The minimum Gasteiger partial charge on any atom is -0.497 e. The molecule has 0 aliphatic carbocycles. The molecular weight excluding hydrogens is 496 g/mol. The molecule has 0 amide bonds. The van der Waals surface area contributed by atoms with Crippen LogP contribution in [0.25, 0.3) is 17.5 Å². The molecule has 0 spiro atoms. The van der Waals surface area contributed by atoms with E-state index in [2.05, 4.69) is 0 Å². The van der Waals surface area contributed by atoms with E-state index in [1.165, 1.54) is 18.8 Å². The maximum Gasteiger partial charge on any atom is 0.338 e. The second-order valence-corrected chi connectivity index (χ2v) is 8.99. The zero-order chi connectivity index (χ0) is 26.7. The van der Waals surface area contributed by atoms with Gasteiger partial charge in [0.15, 0.2) is 0 Å². The van der Waals surface area contributed by atoms with Crippen molar-refractivity contribution in [1.29, 1.82) is 0 Å². The van der Waals surface area contributed by atoms with Crippen LogP contribution < -0.4 is 30.0 Å². The largest absolute Gasteiger partial charge is 0.497 e. The standard InChI is InChI=1S/C27H26N2O7S/c1-5-36-27(32)21-20(16-8-12-18(34-3)13-9-16)22(26(31)35-4)25-29(23(21)28)24(30)19(37-25)14-15-6-10-17(33-2)11-7-15/h6-14,20H,5,28H2,1-4H3/b19-14-. The summed E-state index contributed by atoms with van der Waals surface area (Å²) in [5.41, 5.74) is 7.44. The molecule has 10 heteroatoms. The van der Waals surface area contributed by atoms with Gasteiger partial charge < -0.3 is 24.7 Å². The van der Waals surface area contributed by atoms with Crippen molar-refractivity contribution >= 4 is 40.7 Å². The molecule has 0 radical (unpaired) electrons. The molecular formula is C27H26N2O7S. The number of hydrogen-bond acceptors (Lipinski definition) is 9. The molecule has 0 fully saturated rings. The topological polar surface area (TPSA) is 119 Å². The van der Waals surface area contributed by atoms with Crippen molar-refractivity contribution < 1.29 is 28.5 Å². The summed E-state index contributed by atoms with van der Waals surface area (Å²) >= 11 is 1.09. The van der Waals surface area contributed by atoms with Crippen LogP contribution in [0.1, 0.15) is 24.0 Å². The third-order valence-corrected chi connectivity index (χ3v) is 7.02. The van der Waals surface area contributed by atoms with Crippen molar-refractivity contribution in [2.45, 2.75) is 12.8 Å². The minimum atomic E-state index is -0.927. The molecule has 0 bridgehead atoms. The zero-order valence-corrected chi connectivity index (χ0v) is 21.6. The van der Waals surface area contributed by atoms with Gasteiger partial charge in [0.2, 0.25) is 0 Å². The van der Waals surface area contributed by atoms with Crippen molar-refractivity contribution in [3.8, 4) is 11.5 Å². The summed E-state index contributed by atoms with van der Waals surface area (Å²) in [6.45, 7) is 1.75. The smallest absolute Gasteiger partial charge is 0.338 e. The lowest BCUT2D eigenvalue weighted by Crippen LogP contribution is -2.41. The predicted octanol–water partition coefficient (Wildman–Crippen LogP) is 1.57. The number of fused-ring (bicyclic) bond motifs is 1. The van der Waals surface area contributed by atoms with E-state index in [-0.39, 0.29) is 28.2 Å². The van der Waals surface area contributed by atoms with Gasteiger partial charge >= 0.3 is 11.9 Å². The Morgan fingerprint density at radius 1 is 0.946 bits per heavy atom. The normalized spacial score (nSPS) is 15.3. The van der Waals surface area contributed by atoms with E-state index in [4.69, 9.17) is 24.7 Å². The summed E-state index contributed by atoms with van der Waals surface area (Å²) in [5.74, 6) is -1.18. The van der Waals surface area contributed by atoms with Gasteiger partial charge in [-0.25, -0.2) is 9.59 Å². The number of esters is 2. The summed E-state index contributed by atoms with van der Waals surface area (Å²) in [5, 5.41) is 0. The van der Waals surface area contributed by atoms with E-state index in [0.29, 0.717) is 21.6 Å². The molecule has 192 valence electrons. The molecule has 1 aliphatic rings. The molecule has 0 saturated carbocycles. The Bertz CT molecular complexity index is 1550. The third kappa shape index (κ3) is 4.75. The van der Waals surface area contributed by atoms with Gasteiger partial charge in [-0.1, -0.05) is 24.3 Å². The maximum absolute atomic E-state index is 13.5. The predicted molar refractivity (Wildman–Crippen MR) is 140 cm³/mol. The average molecular weight is 523 g/mol. The van der Waals surface area contributed by atoms with Crippen LogP contribution in [-0.4, -0.2) is 44.4 Å². The Morgan fingerprint density at radius 3 is 2.08 bits per heavy atom. The molecule has 2 N–H and O–H groups in total. The molecule has 37 heavy (non-hydrogen) atoms. The van der Waals surface area contributed by atoms with E-state index in [0.717, 1.165) is 16.9 Å². The Hall–Kier alpha value is -4.31. The summed E-state index contributed by atoms with van der Waals surface area (Å²) in [6, 6.07) is 14.0. The molecule has 1 unspecified atom stereocenters.